The summed E-state index contributed by atoms with van der Waals surface area (Å²) in [5, 5.41) is 2.55. The molecule has 0 saturated carbocycles. The standard InChI is InChI=1S/C12H19N3O3/c1-12(2,3)10(16)9(15-11(17)18-4)5-8-6-13-7-14-8/h6-7,9H,5H2,1-4H3,(H,13,14)(H,15,17)/t9-/m0/s1. The van der Waals surface area contributed by atoms with Crippen LogP contribution in [0, 0.1) is 5.41 Å². The number of rotatable bonds is 4. The van der Waals surface area contributed by atoms with Gasteiger partial charge in [0.25, 0.3) is 0 Å². The van der Waals surface area contributed by atoms with E-state index in [-0.39, 0.29) is 5.78 Å². The lowest BCUT2D eigenvalue weighted by molar-refractivity contribution is -0.128. The average Bonchev–Trinajstić information content (AvgIpc) is 2.78. The number of nitrogens with one attached hydrogen (secondary N) is 2. The minimum Gasteiger partial charge on any atom is -0.453 e. The third-order valence-corrected chi connectivity index (χ3v) is 2.51. The van der Waals surface area contributed by atoms with Gasteiger partial charge in [0.2, 0.25) is 0 Å². The number of carbonyl (C=O) groups excluding carboxylic acids is 2. The van der Waals surface area contributed by atoms with Crippen molar-refractivity contribution in [2.24, 2.45) is 5.41 Å². The van der Waals surface area contributed by atoms with E-state index in [9.17, 15) is 9.59 Å². The molecule has 1 amide bonds. The first kappa shape index (κ1) is 14.2. The number of imidazole rings is 1. The fraction of sp³-hybridized carbons (Fsp3) is 0.583. The smallest absolute Gasteiger partial charge is 0.407 e. The molecule has 0 aliphatic carbocycles. The van der Waals surface area contributed by atoms with Crippen LogP contribution >= 0.6 is 0 Å². The van der Waals surface area contributed by atoms with Gasteiger partial charge in [0.1, 0.15) is 0 Å². The predicted octanol–water partition coefficient (Wildman–Crippen LogP) is 1.29. The van der Waals surface area contributed by atoms with Gasteiger partial charge in [-0.3, -0.25) is 4.79 Å². The maximum Gasteiger partial charge on any atom is 0.407 e. The molecule has 100 valence electrons. The third kappa shape index (κ3) is 3.87. The number of aromatic nitrogens is 2. The number of amides is 1. The summed E-state index contributed by atoms with van der Waals surface area (Å²) in [5.74, 6) is -0.0532. The molecule has 0 saturated heterocycles. The Morgan fingerprint density at radius 1 is 1.50 bits per heavy atom. The zero-order valence-corrected chi connectivity index (χ0v) is 11.1. The van der Waals surface area contributed by atoms with E-state index in [1.165, 1.54) is 13.4 Å². The molecule has 18 heavy (non-hydrogen) atoms. The van der Waals surface area contributed by atoms with Crippen LogP contribution in [0.15, 0.2) is 12.5 Å². The number of carbonyl (C=O) groups is 2. The average molecular weight is 253 g/mol. The normalized spacial score (nSPS) is 12.9. The van der Waals surface area contributed by atoms with Crippen molar-refractivity contribution in [2.45, 2.75) is 33.2 Å². The summed E-state index contributed by atoms with van der Waals surface area (Å²) in [7, 11) is 1.27. The van der Waals surface area contributed by atoms with E-state index in [2.05, 4.69) is 20.0 Å². The molecule has 0 aromatic carbocycles. The maximum atomic E-state index is 12.2. The van der Waals surface area contributed by atoms with E-state index in [0.717, 1.165) is 5.69 Å². The van der Waals surface area contributed by atoms with E-state index in [1.54, 1.807) is 6.20 Å². The molecule has 1 aromatic rings. The van der Waals surface area contributed by atoms with Gasteiger partial charge in [-0.15, -0.1) is 0 Å². The van der Waals surface area contributed by atoms with E-state index < -0.39 is 17.6 Å². The van der Waals surface area contributed by atoms with Gasteiger partial charge < -0.3 is 15.0 Å². The van der Waals surface area contributed by atoms with Gasteiger partial charge in [-0.1, -0.05) is 20.8 Å². The number of hydrogen-bond donors (Lipinski definition) is 2. The molecule has 1 atom stereocenters. The number of methoxy groups -OCH3 is 1. The summed E-state index contributed by atoms with van der Waals surface area (Å²) in [6, 6.07) is -0.627. The van der Waals surface area contributed by atoms with Gasteiger partial charge in [-0.2, -0.15) is 0 Å². The summed E-state index contributed by atoms with van der Waals surface area (Å²) in [6.07, 6.45) is 2.91. The van der Waals surface area contributed by atoms with Gasteiger partial charge in [0.15, 0.2) is 5.78 Å². The topological polar surface area (TPSA) is 84.1 Å². The van der Waals surface area contributed by atoms with Crippen molar-refractivity contribution in [1.82, 2.24) is 15.3 Å². The Hall–Kier alpha value is -1.85. The second kappa shape index (κ2) is 5.66. The summed E-state index contributed by atoms with van der Waals surface area (Å²) in [5.41, 5.74) is 0.250. The SMILES string of the molecule is COC(=O)N[C@@H](Cc1cnc[nH]1)C(=O)C(C)(C)C. The molecule has 0 bridgehead atoms. The quantitative estimate of drug-likeness (QED) is 0.847. The van der Waals surface area contributed by atoms with Crippen LogP contribution in [0.3, 0.4) is 0 Å². The van der Waals surface area contributed by atoms with Crippen LogP contribution in [0.4, 0.5) is 4.79 Å². The molecule has 0 spiro atoms. The van der Waals surface area contributed by atoms with Crippen LogP contribution < -0.4 is 5.32 Å². The molecule has 6 nitrogen and oxygen atoms in total. The number of alkyl carbamates (subject to hydrolysis) is 1. The number of ether oxygens (including phenoxy) is 1. The zero-order chi connectivity index (χ0) is 13.8. The van der Waals surface area contributed by atoms with Crippen molar-refractivity contribution in [1.29, 1.82) is 0 Å². The lowest BCUT2D eigenvalue weighted by Gasteiger charge is -2.24. The van der Waals surface area contributed by atoms with Crippen LogP contribution in [0.25, 0.3) is 0 Å². The van der Waals surface area contributed by atoms with E-state index in [1.807, 2.05) is 20.8 Å². The lowest BCUT2D eigenvalue weighted by atomic mass is 9.85. The largest absolute Gasteiger partial charge is 0.453 e. The lowest BCUT2D eigenvalue weighted by Crippen LogP contribution is -2.47. The Labute approximate surface area is 106 Å². The first-order valence-electron chi connectivity index (χ1n) is 5.70. The van der Waals surface area contributed by atoms with Crippen molar-refractivity contribution in [3.8, 4) is 0 Å². The number of H-pyrrole nitrogens is 1. The van der Waals surface area contributed by atoms with Gasteiger partial charge in [0.05, 0.1) is 19.5 Å². The van der Waals surface area contributed by atoms with Gasteiger partial charge >= 0.3 is 6.09 Å². The highest BCUT2D eigenvalue weighted by Crippen LogP contribution is 2.18. The second-order valence-corrected chi connectivity index (χ2v) is 5.08. The molecule has 1 aromatic heterocycles. The van der Waals surface area contributed by atoms with Crippen LogP contribution in [-0.2, 0) is 16.0 Å². The number of Topliss-reactive ketones (excluding diaryl/α,β-unsaturated/α-hetero) is 1. The number of nitrogens with zero attached hydrogens (tertiary/aromatic N) is 1. The molecule has 2 N–H and O–H groups in total. The molecule has 0 unspecified atom stereocenters. The molecule has 0 aliphatic heterocycles. The molecular weight excluding hydrogens is 234 g/mol. The Morgan fingerprint density at radius 3 is 2.61 bits per heavy atom. The summed E-state index contributed by atoms with van der Waals surface area (Å²) in [4.78, 5) is 30.3. The monoisotopic (exact) mass is 253 g/mol. The summed E-state index contributed by atoms with van der Waals surface area (Å²) in [6.45, 7) is 5.44. The number of ketones is 1. The molecule has 1 rings (SSSR count). The van der Waals surface area contributed by atoms with E-state index >= 15 is 0 Å². The van der Waals surface area contributed by atoms with Gasteiger partial charge in [-0.05, 0) is 0 Å². The highest BCUT2D eigenvalue weighted by atomic mass is 16.5. The molecule has 0 fully saturated rings. The fourth-order valence-corrected chi connectivity index (χ4v) is 1.55. The minimum atomic E-state index is -0.627. The Balaban J connectivity index is 2.81. The molecule has 1 heterocycles. The van der Waals surface area contributed by atoms with Crippen LogP contribution in [-0.4, -0.2) is 35.0 Å². The summed E-state index contributed by atoms with van der Waals surface area (Å²) < 4.78 is 4.53. The van der Waals surface area contributed by atoms with Gasteiger partial charge in [0, 0.05) is 23.7 Å². The highest BCUT2D eigenvalue weighted by molar-refractivity contribution is 5.91. The van der Waals surface area contributed by atoms with Crippen molar-refractivity contribution >= 4 is 11.9 Å². The van der Waals surface area contributed by atoms with Crippen LogP contribution in [0.1, 0.15) is 26.5 Å². The first-order chi connectivity index (χ1) is 8.34. The van der Waals surface area contributed by atoms with Crippen molar-refractivity contribution in [3.05, 3.63) is 18.2 Å². The van der Waals surface area contributed by atoms with E-state index in [0.29, 0.717) is 6.42 Å². The van der Waals surface area contributed by atoms with Crippen molar-refractivity contribution in [2.75, 3.05) is 7.11 Å². The highest BCUT2D eigenvalue weighted by Gasteiger charge is 2.31. The van der Waals surface area contributed by atoms with Crippen molar-refractivity contribution in [3.63, 3.8) is 0 Å². The first-order valence-corrected chi connectivity index (χ1v) is 5.70. The van der Waals surface area contributed by atoms with Crippen LogP contribution in [0.5, 0.6) is 0 Å². The fourth-order valence-electron chi connectivity index (χ4n) is 1.55. The molecular formula is C12H19N3O3. The number of aromatic amines is 1. The zero-order valence-electron chi connectivity index (χ0n) is 11.1. The molecule has 6 heteroatoms. The Morgan fingerprint density at radius 2 is 2.17 bits per heavy atom. The summed E-state index contributed by atoms with van der Waals surface area (Å²) >= 11 is 0. The van der Waals surface area contributed by atoms with Crippen LogP contribution in [0.2, 0.25) is 0 Å². The predicted molar refractivity (Wildman–Crippen MR) is 66.1 cm³/mol. The third-order valence-electron chi connectivity index (χ3n) is 2.51. The molecule has 0 aliphatic rings. The minimum absolute atomic E-state index is 0.0532. The number of hydrogen-bond acceptors (Lipinski definition) is 4. The van der Waals surface area contributed by atoms with Gasteiger partial charge in [-0.25, -0.2) is 9.78 Å². The maximum absolute atomic E-state index is 12.2. The molecule has 0 radical (unpaired) electrons. The van der Waals surface area contributed by atoms with Crippen molar-refractivity contribution < 1.29 is 14.3 Å². The Bertz CT molecular complexity index is 407. The Kier molecular flexibility index (Phi) is 4.47. The second-order valence-electron chi connectivity index (χ2n) is 5.08. The van der Waals surface area contributed by atoms with E-state index in [4.69, 9.17) is 0 Å².